The van der Waals surface area contributed by atoms with Gasteiger partial charge < -0.3 is 10.8 Å². The number of halogens is 1. The van der Waals surface area contributed by atoms with E-state index in [1.807, 2.05) is 0 Å². The van der Waals surface area contributed by atoms with E-state index in [1.165, 1.54) is 12.1 Å². The van der Waals surface area contributed by atoms with Crippen molar-refractivity contribution in [3.63, 3.8) is 0 Å². The molecule has 1 aromatic carbocycles. The highest BCUT2D eigenvalue weighted by Gasteiger charge is 2.05. The number of aliphatic hydroxyl groups excluding tert-OH is 1. The molecule has 0 saturated carbocycles. The molecule has 0 aliphatic heterocycles. The lowest BCUT2D eigenvalue weighted by atomic mass is 10.0. The van der Waals surface area contributed by atoms with Crippen LogP contribution in [0.15, 0.2) is 24.3 Å². The van der Waals surface area contributed by atoms with Gasteiger partial charge in [0.2, 0.25) is 0 Å². The van der Waals surface area contributed by atoms with Crippen LogP contribution in [-0.4, -0.2) is 18.3 Å². The van der Waals surface area contributed by atoms with Gasteiger partial charge >= 0.3 is 0 Å². The van der Waals surface area contributed by atoms with E-state index >= 15 is 0 Å². The van der Waals surface area contributed by atoms with E-state index in [2.05, 4.69) is 0 Å². The van der Waals surface area contributed by atoms with E-state index in [0.29, 0.717) is 13.0 Å². The predicted octanol–water partition coefficient (Wildman–Crippen LogP) is 0.935. The van der Waals surface area contributed by atoms with Crippen molar-refractivity contribution in [1.29, 1.82) is 0 Å². The fourth-order valence-electron chi connectivity index (χ4n) is 1.18. The fourth-order valence-corrected chi connectivity index (χ4v) is 1.18. The van der Waals surface area contributed by atoms with E-state index in [0.717, 1.165) is 5.56 Å². The molecule has 0 aliphatic rings. The van der Waals surface area contributed by atoms with Crippen molar-refractivity contribution in [3.8, 4) is 0 Å². The van der Waals surface area contributed by atoms with E-state index in [9.17, 15) is 4.39 Å². The van der Waals surface area contributed by atoms with Gasteiger partial charge in [0, 0.05) is 6.61 Å². The van der Waals surface area contributed by atoms with Gasteiger partial charge in [0.15, 0.2) is 0 Å². The quantitative estimate of drug-likeness (QED) is 0.729. The average molecular weight is 183 g/mol. The minimum Gasteiger partial charge on any atom is -0.396 e. The lowest BCUT2D eigenvalue weighted by Crippen LogP contribution is -2.20. The zero-order valence-electron chi connectivity index (χ0n) is 7.41. The first kappa shape index (κ1) is 10.2. The van der Waals surface area contributed by atoms with E-state index in [4.69, 9.17) is 10.8 Å². The summed E-state index contributed by atoms with van der Waals surface area (Å²) in [6.45, 7) is 0.530. The zero-order chi connectivity index (χ0) is 9.68. The third-order valence-electron chi connectivity index (χ3n) is 2.03. The number of nitrogens with two attached hydrogens (primary N) is 1. The maximum atomic E-state index is 12.5. The highest BCUT2D eigenvalue weighted by Crippen LogP contribution is 2.08. The summed E-state index contributed by atoms with van der Waals surface area (Å²) >= 11 is 0. The molecule has 0 amide bonds. The molecule has 0 saturated heterocycles. The van der Waals surface area contributed by atoms with Crippen molar-refractivity contribution in [3.05, 3.63) is 35.6 Å². The largest absolute Gasteiger partial charge is 0.396 e. The van der Waals surface area contributed by atoms with Gasteiger partial charge in [0.1, 0.15) is 5.82 Å². The number of benzene rings is 1. The van der Waals surface area contributed by atoms with Crippen LogP contribution in [0.2, 0.25) is 0 Å². The first-order valence-electron chi connectivity index (χ1n) is 4.31. The van der Waals surface area contributed by atoms with Gasteiger partial charge in [-0.3, -0.25) is 0 Å². The Balaban J connectivity index is 2.58. The summed E-state index contributed by atoms with van der Waals surface area (Å²) in [5.41, 5.74) is 6.43. The second-order valence-electron chi connectivity index (χ2n) is 3.11. The van der Waals surface area contributed by atoms with Gasteiger partial charge in [-0.1, -0.05) is 12.1 Å². The van der Waals surface area contributed by atoms with Crippen LogP contribution >= 0.6 is 0 Å². The molecule has 0 aliphatic carbocycles. The van der Waals surface area contributed by atoms with Crippen LogP contribution < -0.4 is 5.73 Å². The Labute approximate surface area is 77.2 Å². The van der Waals surface area contributed by atoms with Crippen molar-refractivity contribution in [1.82, 2.24) is 0 Å². The Bertz CT molecular complexity index is 244. The standard InChI is InChI=1S/C10H14FNO/c11-10-3-1-8(2-4-10)5-9(6-12)7-13/h1-4,9,13H,5-7,12H2/t9-/m0/s1. The first-order chi connectivity index (χ1) is 6.26. The summed E-state index contributed by atoms with van der Waals surface area (Å²) < 4.78 is 12.5. The summed E-state index contributed by atoms with van der Waals surface area (Å²) in [5, 5.41) is 8.89. The van der Waals surface area contributed by atoms with Gasteiger partial charge in [0.05, 0.1) is 0 Å². The second-order valence-corrected chi connectivity index (χ2v) is 3.11. The van der Waals surface area contributed by atoms with Crippen molar-refractivity contribution >= 4 is 0 Å². The van der Waals surface area contributed by atoms with Crippen LogP contribution in [0.1, 0.15) is 5.56 Å². The lowest BCUT2D eigenvalue weighted by molar-refractivity contribution is 0.230. The molecule has 3 heteroatoms. The number of hydrogen-bond donors (Lipinski definition) is 2. The predicted molar refractivity (Wildman–Crippen MR) is 49.7 cm³/mol. The third-order valence-corrected chi connectivity index (χ3v) is 2.03. The van der Waals surface area contributed by atoms with Crippen LogP contribution in [-0.2, 0) is 6.42 Å². The van der Waals surface area contributed by atoms with Crippen LogP contribution in [0.5, 0.6) is 0 Å². The Morgan fingerprint density at radius 3 is 2.38 bits per heavy atom. The molecule has 0 aromatic heterocycles. The molecule has 1 rings (SSSR count). The molecule has 1 aromatic rings. The van der Waals surface area contributed by atoms with E-state index < -0.39 is 0 Å². The Morgan fingerprint density at radius 1 is 1.31 bits per heavy atom. The Morgan fingerprint density at radius 2 is 1.92 bits per heavy atom. The minimum absolute atomic E-state index is 0.0745. The molecule has 0 unspecified atom stereocenters. The molecule has 0 radical (unpaired) electrons. The zero-order valence-corrected chi connectivity index (χ0v) is 7.41. The molecule has 72 valence electrons. The molecule has 0 bridgehead atoms. The maximum Gasteiger partial charge on any atom is 0.123 e. The molecule has 3 N–H and O–H groups in total. The van der Waals surface area contributed by atoms with Crippen molar-refractivity contribution < 1.29 is 9.50 Å². The molecule has 0 heterocycles. The molecule has 2 nitrogen and oxygen atoms in total. The highest BCUT2D eigenvalue weighted by molar-refractivity contribution is 5.16. The van der Waals surface area contributed by atoms with Crippen LogP contribution in [0.4, 0.5) is 4.39 Å². The molecule has 0 spiro atoms. The van der Waals surface area contributed by atoms with Crippen molar-refractivity contribution in [2.45, 2.75) is 6.42 Å². The van der Waals surface area contributed by atoms with Gasteiger partial charge in [-0.2, -0.15) is 0 Å². The number of aliphatic hydroxyl groups is 1. The average Bonchev–Trinajstić information content (AvgIpc) is 2.17. The van der Waals surface area contributed by atoms with Crippen LogP contribution in [0, 0.1) is 11.7 Å². The van der Waals surface area contributed by atoms with Crippen molar-refractivity contribution in [2.75, 3.05) is 13.2 Å². The molecular weight excluding hydrogens is 169 g/mol. The summed E-state index contributed by atoms with van der Waals surface area (Å²) in [6.07, 6.45) is 0.702. The topological polar surface area (TPSA) is 46.2 Å². The molecule has 13 heavy (non-hydrogen) atoms. The number of hydrogen-bond acceptors (Lipinski definition) is 2. The highest BCUT2D eigenvalue weighted by atomic mass is 19.1. The van der Waals surface area contributed by atoms with Crippen molar-refractivity contribution in [2.24, 2.45) is 11.7 Å². The molecular formula is C10H14FNO. The van der Waals surface area contributed by atoms with E-state index in [1.54, 1.807) is 12.1 Å². The normalized spacial score (nSPS) is 12.8. The summed E-state index contributed by atoms with van der Waals surface area (Å²) in [4.78, 5) is 0. The van der Waals surface area contributed by atoms with E-state index in [-0.39, 0.29) is 18.3 Å². The lowest BCUT2D eigenvalue weighted by Gasteiger charge is -2.10. The summed E-state index contributed by atoms with van der Waals surface area (Å²) in [7, 11) is 0. The van der Waals surface area contributed by atoms with Crippen LogP contribution in [0.3, 0.4) is 0 Å². The second kappa shape index (κ2) is 4.94. The molecule has 1 atom stereocenters. The monoisotopic (exact) mass is 183 g/mol. The summed E-state index contributed by atoms with van der Waals surface area (Å²) in [5.74, 6) is -0.164. The van der Waals surface area contributed by atoms with Gasteiger partial charge in [-0.05, 0) is 36.6 Å². The SMILES string of the molecule is NC[C@@H](CO)Cc1ccc(F)cc1. The van der Waals surface area contributed by atoms with Gasteiger partial charge in [0.25, 0.3) is 0 Å². The van der Waals surface area contributed by atoms with Gasteiger partial charge in [-0.15, -0.1) is 0 Å². The van der Waals surface area contributed by atoms with Crippen LogP contribution in [0.25, 0.3) is 0 Å². The fraction of sp³-hybridized carbons (Fsp3) is 0.400. The Hall–Kier alpha value is -0.930. The minimum atomic E-state index is -0.239. The smallest absolute Gasteiger partial charge is 0.123 e. The number of rotatable bonds is 4. The third kappa shape index (κ3) is 3.13. The maximum absolute atomic E-state index is 12.5. The molecule has 0 fully saturated rings. The Kier molecular flexibility index (Phi) is 3.86. The summed E-state index contributed by atoms with van der Waals surface area (Å²) in [6, 6.07) is 6.27. The first-order valence-corrected chi connectivity index (χ1v) is 4.31. The van der Waals surface area contributed by atoms with Gasteiger partial charge in [-0.25, -0.2) is 4.39 Å².